The highest BCUT2D eigenvalue weighted by molar-refractivity contribution is 5.07. The molecule has 54 valence electrons. The Kier molecular flexibility index (Phi) is 2.40. The second-order valence-corrected chi connectivity index (χ2v) is 2.41. The van der Waals surface area contributed by atoms with Crippen molar-refractivity contribution in [2.24, 2.45) is 12.8 Å². The van der Waals surface area contributed by atoms with Crippen molar-refractivity contribution in [1.29, 1.82) is 0 Å². The largest absolute Gasteiger partial charge is 0.330 e. The molecule has 1 aromatic rings. The third-order valence-corrected chi connectivity index (χ3v) is 1.48. The summed E-state index contributed by atoms with van der Waals surface area (Å²) in [6.07, 6.45) is 5.04. The minimum atomic E-state index is 0.730. The molecule has 0 amide bonds. The SMILES string of the molecule is C[n+]1ccc(CCN)cc1. The molecular formula is C8H13N2+. The smallest absolute Gasteiger partial charge is 0.168 e. The predicted octanol–water partition coefficient (Wildman–Crippen LogP) is 0.0123. The highest BCUT2D eigenvalue weighted by Gasteiger charge is 1.92. The van der Waals surface area contributed by atoms with E-state index in [0.717, 1.165) is 13.0 Å². The number of aromatic nitrogens is 1. The Labute approximate surface area is 61.3 Å². The van der Waals surface area contributed by atoms with Crippen molar-refractivity contribution in [2.45, 2.75) is 6.42 Å². The van der Waals surface area contributed by atoms with Crippen LogP contribution >= 0.6 is 0 Å². The standard InChI is InChI=1S/C8H13N2/c1-10-6-3-8(2-5-9)4-7-10/h3-4,6-7H,2,5,9H2,1H3/q+1. The quantitative estimate of drug-likeness (QED) is 0.572. The predicted molar refractivity (Wildman–Crippen MR) is 40.4 cm³/mol. The molecule has 0 aromatic carbocycles. The van der Waals surface area contributed by atoms with Crippen LogP contribution in [0.25, 0.3) is 0 Å². The lowest BCUT2D eigenvalue weighted by atomic mass is 10.2. The van der Waals surface area contributed by atoms with Gasteiger partial charge in [-0.2, -0.15) is 0 Å². The summed E-state index contributed by atoms with van der Waals surface area (Å²) in [5.41, 5.74) is 6.70. The molecule has 0 aliphatic rings. The van der Waals surface area contributed by atoms with Gasteiger partial charge in [0.05, 0.1) is 0 Å². The Bertz CT molecular complexity index is 191. The molecule has 0 spiro atoms. The molecule has 1 heterocycles. The van der Waals surface area contributed by atoms with E-state index < -0.39 is 0 Å². The van der Waals surface area contributed by atoms with Crippen LogP contribution in [0.1, 0.15) is 5.56 Å². The molecule has 2 N–H and O–H groups in total. The van der Waals surface area contributed by atoms with Gasteiger partial charge in [-0.1, -0.05) is 0 Å². The first-order chi connectivity index (χ1) is 4.83. The third-order valence-electron chi connectivity index (χ3n) is 1.48. The van der Waals surface area contributed by atoms with Crippen molar-refractivity contribution in [2.75, 3.05) is 6.54 Å². The summed E-state index contributed by atoms with van der Waals surface area (Å²) < 4.78 is 2.01. The monoisotopic (exact) mass is 137 g/mol. The normalized spacial score (nSPS) is 9.80. The van der Waals surface area contributed by atoms with E-state index in [0.29, 0.717) is 0 Å². The van der Waals surface area contributed by atoms with E-state index >= 15 is 0 Å². The number of hydrogen-bond acceptors (Lipinski definition) is 1. The van der Waals surface area contributed by atoms with E-state index in [1.807, 2.05) is 24.0 Å². The van der Waals surface area contributed by atoms with Gasteiger partial charge < -0.3 is 5.73 Å². The molecule has 0 bridgehead atoms. The van der Waals surface area contributed by atoms with Crippen molar-refractivity contribution >= 4 is 0 Å². The van der Waals surface area contributed by atoms with Crippen molar-refractivity contribution in [3.63, 3.8) is 0 Å². The van der Waals surface area contributed by atoms with Crippen LogP contribution in [-0.2, 0) is 13.5 Å². The van der Waals surface area contributed by atoms with Crippen LogP contribution in [0, 0.1) is 0 Å². The first-order valence-electron chi connectivity index (χ1n) is 3.47. The van der Waals surface area contributed by atoms with Crippen molar-refractivity contribution < 1.29 is 4.57 Å². The first-order valence-corrected chi connectivity index (χ1v) is 3.47. The maximum Gasteiger partial charge on any atom is 0.168 e. The van der Waals surface area contributed by atoms with Gasteiger partial charge in [0.2, 0.25) is 0 Å². The summed E-state index contributed by atoms with van der Waals surface area (Å²) in [5.74, 6) is 0. The number of hydrogen-bond donors (Lipinski definition) is 1. The molecule has 0 saturated heterocycles. The lowest BCUT2D eigenvalue weighted by molar-refractivity contribution is -0.671. The van der Waals surface area contributed by atoms with Gasteiger partial charge in [0.25, 0.3) is 0 Å². The van der Waals surface area contributed by atoms with Crippen LogP contribution in [0.4, 0.5) is 0 Å². The highest BCUT2D eigenvalue weighted by Crippen LogP contribution is 1.93. The number of nitrogens with two attached hydrogens (primary N) is 1. The van der Waals surface area contributed by atoms with Crippen LogP contribution < -0.4 is 10.3 Å². The molecule has 10 heavy (non-hydrogen) atoms. The minimum absolute atomic E-state index is 0.730. The fourth-order valence-corrected chi connectivity index (χ4v) is 0.865. The third kappa shape index (κ3) is 1.81. The van der Waals surface area contributed by atoms with Gasteiger partial charge in [0, 0.05) is 12.1 Å². The summed E-state index contributed by atoms with van der Waals surface area (Å²) in [4.78, 5) is 0. The second-order valence-electron chi connectivity index (χ2n) is 2.41. The summed E-state index contributed by atoms with van der Waals surface area (Å²) >= 11 is 0. The van der Waals surface area contributed by atoms with Gasteiger partial charge in [-0.05, 0) is 18.5 Å². The molecule has 1 rings (SSSR count). The second kappa shape index (κ2) is 3.32. The number of aryl methyl sites for hydroxylation is 1. The van der Waals surface area contributed by atoms with Gasteiger partial charge in [-0.25, -0.2) is 4.57 Å². The lowest BCUT2D eigenvalue weighted by Gasteiger charge is -1.93. The molecule has 0 saturated carbocycles. The van der Waals surface area contributed by atoms with Gasteiger partial charge in [-0.3, -0.25) is 0 Å². The molecular weight excluding hydrogens is 124 g/mol. The Morgan fingerprint density at radius 1 is 1.40 bits per heavy atom. The van der Waals surface area contributed by atoms with Gasteiger partial charge in [0.1, 0.15) is 7.05 Å². The highest BCUT2D eigenvalue weighted by atomic mass is 14.9. The maximum atomic E-state index is 5.39. The summed E-state index contributed by atoms with van der Waals surface area (Å²) in [6, 6.07) is 4.18. The average Bonchev–Trinajstić information content (AvgIpc) is 1.95. The maximum absolute atomic E-state index is 5.39. The summed E-state index contributed by atoms with van der Waals surface area (Å²) in [5, 5.41) is 0. The molecule has 0 atom stereocenters. The zero-order chi connectivity index (χ0) is 7.40. The van der Waals surface area contributed by atoms with Crippen molar-refractivity contribution in [1.82, 2.24) is 0 Å². The zero-order valence-electron chi connectivity index (χ0n) is 6.25. The van der Waals surface area contributed by atoms with Crippen LogP contribution in [0.5, 0.6) is 0 Å². The van der Waals surface area contributed by atoms with E-state index in [9.17, 15) is 0 Å². The lowest BCUT2D eigenvalue weighted by Crippen LogP contribution is -2.26. The van der Waals surface area contributed by atoms with E-state index in [-0.39, 0.29) is 0 Å². The molecule has 0 radical (unpaired) electrons. The fourth-order valence-electron chi connectivity index (χ4n) is 0.865. The molecule has 2 heteroatoms. The summed E-state index contributed by atoms with van der Waals surface area (Å²) in [6.45, 7) is 0.730. The van der Waals surface area contributed by atoms with Crippen LogP contribution in [0.3, 0.4) is 0 Å². The number of nitrogens with zero attached hydrogens (tertiary/aromatic N) is 1. The molecule has 2 nitrogen and oxygen atoms in total. The van der Waals surface area contributed by atoms with Gasteiger partial charge in [-0.15, -0.1) is 0 Å². The van der Waals surface area contributed by atoms with Crippen molar-refractivity contribution in [3.8, 4) is 0 Å². The number of rotatable bonds is 2. The first kappa shape index (κ1) is 7.22. The van der Waals surface area contributed by atoms with E-state index in [4.69, 9.17) is 5.73 Å². The van der Waals surface area contributed by atoms with Gasteiger partial charge >= 0.3 is 0 Å². The molecule has 1 aromatic heterocycles. The summed E-state index contributed by atoms with van der Waals surface area (Å²) in [7, 11) is 2.01. The Hall–Kier alpha value is -0.890. The van der Waals surface area contributed by atoms with Gasteiger partial charge in [0.15, 0.2) is 12.4 Å². The van der Waals surface area contributed by atoms with E-state index in [1.54, 1.807) is 0 Å². The minimum Gasteiger partial charge on any atom is -0.330 e. The Morgan fingerprint density at radius 2 is 2.00 bits per heavy atom. The molecule has 0 fully saturated rings. The van der Waals surface area contributed by atoms with E-state index in [1.165, 1.54) is 5.56 Å². The zero-order valence-corrected chi connectivity index (χ0v) is 6.25. The molecule has 0 aliphatic carbocycles. The van der Waals surface area contributed by atoms with Crippen molar-refractivity contribution in [3.05, 3.63) is 30.1 Å². The molecule has 0 unspecified atom stereocenters. The van der Waals surface area contributed by atoms with E-state index in [2.05, 4.69) is 12.1 Å². The average molecular weight is 137 g/mol. The Balaban J connectivity index is 2.69. The topological polar surface area (TPSA) is 29.9 Å². The fraction of sp³-hybridized carbons (Fsp3) is 0.375. The number of pyridine rings is 1. The van der Waals surface area contributed by atoms with Crippen LogP contribution in [-0.4, -0.2) is 6.54 Å². The van der Waals surface area contributed by atoms with Crippen LogP contribution in [0.15, 0.2) is 24.5 Å². The Morgan fingerprint density at radius 3 is 2.50 bits per heavy atom. The molecule has 0 aliphatic heterocycles. The van der Waals surface area contributed by atoms with Crippen LogP contribution in [0.2, 0.25) is 0 Å².